The average molecular weight is 249 g/mol. The maximum atomic E-state index is 11.3. The van der Waals surface area contributed by atoms with Gasteiger partial charge in [-0.25, -0.2) is 4.98 Å². The molecule has 5 heteroatoms. The highest BCUT2D eigenvalue weighted by Gasteiger charge is 2.16. The van der Waals surface area contributed by atoms with E-state index in [1.54, 1.807) is 12.1 Å². The Morgan fingerprint density at radius 3 is 3.06 bits per heavy atom. The normalized spacial score (nSPS) is 19.5. The number of carbonyl (C=O) groups excluding carboxylic acids is 1. The zero-order valence-electron chi connectivity index (χ0n) is 10.6. The minimum Gasteiger partial charge on any atom is -0.475 e. The first kappa shape index (κ1) is 12.8. The molecule has 1 aliphatic heterocycles. The Hall–Kier alpha value is -1.62. The Balaban J connectivity index is 2.03. The Morgan fingerprint density at radius 1 is 1.56 bits per heavy atom. The number of carbonyl (C=O) groups is 1. The van der Waals surface area contributed by atoms with Crippen molar-refractivity contribution in [1.29, 1.82) is 0 Å². The summed E-state index contributed by atoms with van der Waals surface area (Å²) in [6.07, 6.45) is 3.52. The number of primary amides is 1. The topological polar surface area (TPSA) is 77.2 Å². The van der Waals surface area contributed by atoms with Gasteiger partial charge in [-0.3, -0.25) is 4.79 Å². The molecule has 18 heavy (non-hydrogen) atoms. The molecule has 1 aliphatic rings. The highest BCUT2D eigenvalue weighted by molar-refractivity contribution is 5.95. The zero-order valence-corrected chi connectivity index (χ0v) is 10.6. The van der Waals surface area contributed by atoms with Crippen LogP contribution in [0.2, 0.25) is 0 Å². The van der Waals surface area contributed by atoms with Gasteiger partial charge in [0.25, 0.3) is 5.91 Å². The third-order valence-electron chi connectivity index (χ3n) is 3.10. The molecule has 5 nitrogen and oxygen atoms in total. The van der Waals surface area contributed by atoms with Gasteiger partial charge >= 0.3 is 0 Å². The van der Waals surface area contributed by atoms with Crippen LogP contribution in [0.1, 0.15) is 35.3 Å². The van der Waals surface area contributed by atoms with Crippen LogP contribution < -0.4 is 15.8 Å². The molecule has 1 aromatic rings. The number of hydrogen-bond donors (Lipinski definition) is 2. The quantitative estimate of drug-likeness (QED) is 0.835. The molecule has 1 atom stereocenters. The molecule has 0 aliphatic carbocycles. The zero-order chi connectivity index (χ0) is 13.0. The van der Waals surface area contributed by atoms with Crippen LogP contribution in [0.15, 0.2) is 12.1 Å². The van der Waals surface area contributed by atoms with Crippen molar-refractivity contribution >= 4 is 5.91 Å². The van der Waals surface area contributed by atoms with Gasteiger partial charge < -0.3 is 15.8 Å². The highest BCUT2D eigenvalue weighted by atomic mass is 16.5. The van der Waals surface area contributed by atoms with E-state index in [9.17, 15) is 4.79 Å². The van der Waals surface area contributed by atoms with E-state index in [0.29, 0.717) is 24.1 Å². The summed E-state index contributed by atoms with van der Waals surface area (Å²) < 4.78 is 5.64. The van der Waals surface area contributed by atoms with E-state index in [1.165, 1.54) is 12.8 Å². The number of hydrogen-bond acceptors (Lipinski definition) is 4. The molecule has 1 saturated heterocycles. The van der Waals surface area contributed by atoms with Crippen molar-refractivity contribution in [3.05, 3.63) is 23.4 Å². The van der Waals surface area contributed by atoms with Gasteiger partial charge in [0.2, 0.25) is 5.88 Å². The molecule has 0 bridgehead atoms. The summed E-state index contributed by atoms with van der Waals surface area (Å²) in [6.45, 7) is 3.41. The third kappa shape index (κ3) is 3.20. The van der Waals surface area contributed by atoms with Crippen molar-refractivity contribution < 1.29 is 9.53 Å². The van der Waals surface area contributed by atoms with E-state index in [-0.39, 0.29) is 0 Å². The van der Waals surface area contributed by atoms with Crippen LogP contribution in [0.3, 0.4) is 0 Å². The van der Waals surface area contributed by atoms with Crippen LogP contribution >= 0.6 is 0 Å². The van der Waals surface area contributed by atoms with Crippen LogP contribution in [0, 0.1) is 6.92 Å². The number of piperidine rings is 1. The van der Waals surface area contributed by atoms with Crippen LogP contribution in [-0.4, -0.2) is 30.1 Å². The van der Waals surface area contributed by atoms with Gasteiger partial charge in [-0.2, -0.15) is 0 Å². The van der Waals surface area contributed by atoms with Crippen molar-refractivity contribution in [3.63, 3.8) is 0 Å². The van der Waals surface area contributed by atoms with Crippen LogP contribution in [0.5, 0.6) is 5.88 Å². The first-order chi connectivity index (χ1) is 8.66. The fraction of sp³-hybridized carbons (Fsp3) is 0.538. The van der Waals surface area contributed by atoms with E-state index in [1.807, 2.05) is 6.92 Å². The Bertz CT molecular complexity index is 428. The van der Waals surface area contributed by atoms with Crippen molar-refractivity contribution in [3.8, 4) is 5.88 Å². The second-order valence-electron chi connectivity index (χ2n) is 4.63. The lowest BCUT2D eigenvalue weighted by atomic mass is 10.1. The third-order valence-corrected chi connectivity index (χ3v) is 3.10. The number of aryl methyl sites for hydroxylation is 1. The predicted molar refractivity (Wildman–Crippen MR) is 68.6 cm³/mol. The fourth-order valence-corrected chi connectivity index (χ4v) is 2.08. The standard InChI is InChI=1S/C13H19N3O2/c1-9-5-6-11(12(14)17)13(16-9)18-8-10-4-2-3-7-15-10/h5-6,10,15H,2-4,7-8H2,1H3,(H2,14,17). The van der Waals surface area contributed by atoms with Crippen LogP contribution in [0.25, 0.3) is 0 Å². The second-order valence-corrected chi connectivity index (χ2v) is 4.63. The summed E-state index contributed by atoms with van der Waals surface area (Å²) in [4.78, 5) is 15.5. The van der Waals surface area contributed by atoms with Gasteiger partial charge in [0.15, 0.2) is 0 Å². The number of amides is 1. The Kier molecular flexibility index (Phi) is 4.15. The van der Waals surface area contributed by atoms with Gasteiger partial charge in [-0.15, -0.1) is 0 Å². The monoisotopic (exact) mass is 249 g/mol. The molecule has 1 fully saturated rings. The largest absolute Gasteiger partial charge is 0.475 e. The fourth-order valence-electron chi connectivity index (χ4n) is 2.08. The van der Waals surface area contributed by atoms with Crippen LogP contribution in [-0.2, 0) is 0 Å². The van der Waals surface area contributed by atoms with Gasteiger partial charge in [-0.05, 0) is 38.4 Å². The number of ether oxygens (including phenoxy) is 1. The predicted octanol–water partition coefficient (Wildman–Crippen LogP) is 1.01. The lowest BCUT2D eigenvalue weighted by molar-refractivity contribution is 0.0994. The summed E-state index contributed by atoms with van der Waals surface area (Å²) in [5.74, 6) is -0.163. The Labute approximate surface area is 107 Å². The maximum absolute atomic E-state index is 11.3. The number of nitrogens with zero attached hydrogens (tertiary/aromatic N) is 1. The minimum atomic E-state index is -0.505. The molecule has 98 valence electrons. The first-order valence-corrected chi connectivity index (χ1v) is 6.30. The lowest BCUT2D eigenvalue weighted by Gasteiger charge is -2.23. The lowest BCUT2D eigenvalue weighted by Crippen LogP contribution is -2.38. The van der Waals surface area contributed by atoms with E-state index < -0.39 is 5.91 Å². The second kappa shape index (κ2) is 5.82. The molecule has 1 amide bonds. The molecule has 1 unspecified atom stereocenters. The molecular weight excluding hydrogens is 230 g/mol. The minimum absolute atomic E-state index is 0.335. The van der Waals surface area contributed by atoms with Crippen molar-refractivity contribution in [2.45, 2.75) is 32.2 Å². The summed E-state index contributed by atoms with van der Waals surface area (Å²) >= 11 is 0. The first-order valence-electron chi connectivity index (χ1n) is 6.30. The van der Waals surface area contributed by atoms with Crippen molar-refractivity contribution in [2.75, 3.05) is 13.2 Å². The molecule has 2 heterocycles. The number of nitrogens with one attached hydrogen (secondary N) is 1. The average Bonchev–Trinajstić information content (AvgIpc) is 2.37. The number of pyridine rings is 1. The van der Waals surface area contributed by atoms with Crippen molar-refractivity contribution in [2.24, 2.45) is 5.73 Å². The smallest absolute Gasteiger partial charge is 0.254 e. The number of rotatable bonds is 4. The van der Waals surface area contributed by atoms with E-state index in [2.05, 4.69) is 10.3 Å². The summed E-state index contributed by atoms with van der Waals surface area (Å²) in [5, 5.41) is 3.38. The molecule has 0 radical (unpaired) electrons. The summed E-state index contributed by atoms with van der Waals surface area (Å²) in [5.41, 5.74) is 6.45. The Morgan fingerprint density at radius 2 is 2.39 bits per heavy atom. The van der Waals surface area contributed by atoms with Gasteiger partial charge in [0.05, 0.1) is 0 Å². The molecule has 2 rings (SSSR count). The van der Waals surface area contributed by atoms with E-state index >= 15 is 0 Å². The van der Waals surface area contributed by atoms with E-state index in [0.717, 1.165) is 18.7 Å². The van der Waals surface area contributed by atoms with Crippen molar-refractivity contribution in [1.82, 2.24) is 10.3 Å². The van der Waals surface area contributed by atoms with Crippen LogP contribution in [0.4, 0.5) is 0 Å². The van der Waals surface area contributed by atoms with Gasteiger partial charge in [-0.1, -0.05) is 6.42 Å². The molecule has 0 spiro atoms. The van der Waals surface area contributed by atoms with E-state index in [4.69, 9.17) is 10.5 Å². The van der Waals surface area contributed by atoms with Gasteiger partial charge in [0.1, 0.15) is 12.2 Å². The highest BCUT2D eigenvalue weighted by Crippen LogP contribution is 2.17. The summed E-state index contributed by atoms with van der Waals surface area (Å²) in [7, 11) is 0. The SMILES string of the molecule is Cc1ccc(C(N)=O)c(OCC2CCCCN2)n1. The molecule has 1 aromatic heterocycles. The summed E-state index contributed by atoms with van der Waals surface area (Å²) in [6, 6.07) is 3.75. The molecule has 3 N–H and O–H groups in total. The molecular formula is C13H19N3O2. The molecule has 0 aromatic carbocycles. The molecule has 0 saturated carbocycles. The number of aromatic nitrogens is 1. The van der Waals surface area contributed by atoms with Gasteiger partial charge in [0, 0.05) is 11.7 Å². The number of nitrogens with two attached hydrogens (primary N) is 1. The maximum Gasteiger partial charge on any atom is 0.254 e.